The number of hydrogen-bond acceptors (Lipinski definition) is 5. The van der Waals surface area contributed by atoms with Gasteiger partial charge < -0.3 is 9.80 Å². The van der Waals surface area contributed by atoms with Crippen LogP contribution in [-0.4, -0.2) is 47.0 Å². The number of halogens is 1. The van der Waals surface area contributed by atoms with Crippen LogP contribution in [0.1, 0.15) is 59.7 Å². The number of nitrogens with zero attached hydrogens (tertiary/aromatic N) is 4. The summed E-state index contributed by atoms with van der Waals surface area (Å²) in [5.41, 5.74) is 1.98. The van der Waals surface area contributed by atoms with Crippen molar-refractivity contribution >= 4 is 33.3 Å². The molecule has 1 amide bonds. The average molecular weight is 453 g/mol. The van der Waals surface area contributed by atoms with E-state index in [1.54, 1.807) is 12.1 Å². The number of carbonyl (C=O) groups excluding carboxylic acids is 1. The van der Waals surface area contributed by atoms with Gasteiger partial charge in [-0.15, -0.1) is 11.3 Å². The lowest BCUT2D eigenvalue weighted by Gasteiger charge is -2.36. The van der Waals surface area contributed by atoms with Crippen LogP contribution in [0.4, 0.5) is 10.2 Å². The second kappa shape index (κ2) is 8.43. The van der Waals surface area contributed by atoms with Crippen LogP contribution in [0.3, 0.4) is 0 Å². The summed E-state index contributed by atoms with van der Waals surface area (Å²) in [5.74, 6) is 2.55. The molecule has 0 N–H and O–H groups in total. The van der Waals surface area contributed by atoms with E-state index in [2.05, 4.69) is 25.7 Å². The van der Waals surface area contributed by atoms with E-state index in [-0.39, 0.29) is 17.6 Å². The van der Waals surface area contributed by atoms with Gasteiger partial charge in [-0.05, 0) is 55.0 Å². The van der Waals surface area contributed by atoms with Gasteiger partial charge in [0.2, 0.25) is 0 Å². The van der Waals surface area contributed by atoms with E-state index in [0.717, 1.165) is 48.3 Å². The molecule has 1 aliphatic carbocycles. The van der Waals surface area contributed by atoms with E-state index in [1.165, 1.54) is 34.4 Å². The second-order valence-corrected chi connectivity index (χ2v) is 10.5. The molecule has 1 aromatic carbocycles. The molecule has 0 bridgehead atoms. The van der Waals surface area contributed by atoms with Gasteiger partial charge in [0.05, 0.1) is 5.39 Å². The molecule has 32 heavy (non-hydrogen) atoms. The number of anilines is 1. The Balaban J connectivity index is 1.43. The maximum atomic E-state index is 13.2. The number of thiophene rings is 1. The summed E-state index contributed by atoms with van der Waals surface area (Å²) >= 11 is 1.84. The van der Waals surface area contributed by atoms with Crippen LogP contribution in [0, 0.1) is 11.7 Å². The van der Waals surface area contributed by atoms with Crippen LogP contribution in [0.5, 0.6) is 0 Å². The number of rotatable bonds is 3. The summed E-state index contributed by atoms with van der Waals surface area (Å²) in [6.07, 6.45) is 3.44. The third kappa shape index (κ3) is 3.87. The molecule has 7 heteroatoms. The zero-order valence-corrected chi connectivity index (χ0v) is 19.7. The van der Waals surface area contributed by atoms with E-state index in [9.17, 15) is 9.18 Å². The Bertz CT molecular complexity index is 1150. The predicted molar refractivity (Wildman–Crippen MR) is 127 cm³/mol. The summed E-state index contributed by atoms with van der Waals surface area (Å²) in [5, 5.41) is 1.24. The quantitative estimate of drug-likeness (QED) is 0.559. The molecule has 2 aliphatic rings. The van der Waals surface area contributed by atoms with Gasteiger partial charge in [-0.3, -0.25) is 4.79 Å². The Morgan fingerprint density at radius 1 is 1.12 bits per heavy atom. The standard InChI is InChI=1S/C25H29FN4OS/c1-15(2)22-27-23(21-19-9-4-16(3)14-20(19)32-24(21)28-22)29-10-12-30(13-11-29)25(31)17-5-7-18(26)8-6-17/h5-8,15-16H,4,9-14H2,1-3H3/t16-/m0/s1. The summed E-state index contributed by atoms with van der Waals surface area (Å²) in [6.45, 7) is 9.33. The fourth-order valence-electron chi connectivity index (χ4n) is 4.72. The number of benzene rings is 1. The van der Waals surface area contributed by atoms with Gasteiger partial charge in [0, 0.05) is 42.5 Å². The van der Waals surface area contributed by atoms with Crippen LogP contribution < -0.4 is 4.90 Å². The first kappa shape index (κ1) is 21.3. The molecule has 2 aromatic heterocycles. The largest absolute Gasteiger partial charge is 0.352 e. The molecule has 168 valence electrons. The Kier molecular flexibility index (Phi) is 5.61. The van der Waals surface area contributed by atoms with Crippen molar-refractivity contribution in [3.63, 3.8) is 0 Å². The van der Waals surface area contributed by atoms with Crippen molar-refractivity contribution in [2.75, 3.05) is 31.1 Å². The monoisotopic (exact) mass is 452 g/mol. The van der Waals surface area contributed by atoms with E-state index in [1.807, 2.05) is 16.2 Å². The van der Waals surface area contributed by atoms with Crippen molar-refractivity contribution in [1.82, 2.24) is 14.9 Å². The molecule has 0 saturated carbocycles. The zero-order chi connectivity index (χ0) is 22.4. The van der Waals surface area contributed by atoms with Crippen molar-refractivity contribution in [1.29, 1.82) is 0 Å². The highest BCUT2D eigenvalue weighted by atomic mass is 32.1. The maximum absolute atomic E-state index is 13.2. The van der Waals surface area contributed by atoms with Crippen LogP contribution >= 0.6 is 11.3 Å². The molecule has 3 heterocycles. The second-order valence-electron chi connectivity index (χ2n) is 9.38. The van der Waals surface area contributed by atoms with Crippen molar-refractivity contribution in [2.45, 2.75) is 46.0 Å². The third-order valence-electron chi connectivity index (χ3n) is 6.63. The first-order valence-electron chi connectivity index (χ1n) is 11.5. The van der Waals surface area contributed by atoms with Gasteiger partial charge in [-0.25, -0.2) is 14.4 Å². The number of amides is 1. The molecular formula is C25H29FN4OS. The molecule has 5 nitrogen and oxygen atoms in total. The van der Waals surface area contributed by atoms with Crippen molar-refractivity contribution in [2.24, 2.45) is 5.92 Å². The smallest absolute Gasteiger partial charge is 0.253 e. The molecule has 5 rings (SSSR count). The fraction of sp³-hybridized carbons (Fsp3) is 0.480. The number of aryl methyl sites for hydroxylation is 1. The summed E-state index contributed by atoms with van der Waals surface area (Å²) in [6, 6.07) is 5.81. The highest BCUT2D eigenvalue weighted by molar-refractivity contribution is 7.19. The average Bonchev–Trinajstić information content (AvgIpc) is 3.16. The Morgan fingerprint density at radius 3 is 2.53 bits per heavy atom. The number of hydrogen-bond donors (Lipinski definition) is 0. The van der Waals surface area contributed by atoms with Crippen molar-refractivity contribution in [3.05, 3.63) is 51.9 Å². The Labute approximate surface area is 192 Å². The summed E-state index contributed by atoms with van der Waals surface area (Å²) < 4.78 is 13.2. The lowest BCUT2D eigenvalue weighted by molar-refractivity contribution is 0.0746. The predicted octanol–water partition coefficient (Wildman–Crippen LogP) is 5.04. The van der Waals surface area contributed by atoms with Crippen LogP contribution in [-0.2, 0) is 12.8 Å². The number of piperazine rings is 1. The molecule has 1 saturated heterocycles. The van der Waals surface area contributed by atoms with Gasteiger partial charge in [0.1, 0.15) is 22.3 Å². The fourth-order valence-corrected chi connectivity index (χ4v) is 6.11. The number of aromatic nitrogens is 2. The van der Waals surface area contributed by atoms with E-state index < -0.39 is 0 Å². The normalized spacial score (nSPS) is 19.0. The summed E-state index contributed by atoms with van der Waals surface area (Å²) in [7, 11) is 0. The number of carbonyl (C=O) groups is 1. The van der Waals surface area contributed by atoms with E-state index in [4.69, 9.17) is 9.97 Å². The van der Waals surface area contributed by atoms with Gasteiger partial charge in [0.15, 0.2) is 0 Å². The first-order chi connectivity index (χ1) is 15.4. The Hall–Kier alpha value is -2.54. The first-order valence-corrected chi connectivity index (χ1v) is 12.3. The van der Waals surface area contributed by atoms with Crippen molar-refractivity contribution in [3.8, 4) is 0 Å². The molecular weight excluding hydrogens is 423 g/mol. The molecule has 1 fully saturated rings. The topological polar surface area (TPSA) is 49.3 Å². The molecule has 0 unspecified atom stereocenters. The molecule has 1 atom stereocenters. The third-order valence-corrected chi connectivity index (χ3v) is 7.78. The molecule has 0 radical (unpaired) electrons. The van der Waals surface area contributed by atoms with Crippen molar-refractivity contribution < 1.29 is 9.18 Å². The lowest BCUT2D eigenvalue weighted by atomic mass is 9.89. The van der Waals surface area contributed by atoms with Crippen LogP contribution in [0.15, 0.2) is 24.3 Å². The molecule has 3 aromatic rings. The Morgan fingerprint density at radius 2 is 1.84 bits per heavy atom. The van der Waals surface area contributed by atoms with Gasteiger partial charge >= 0.3 is 0 Å². The SMILES string of the molecule is CC(C)c1nc(N2CCN(C(=O)c3ccc(F)cc3)CC2)c2c3c(sc2n1)C[C@@H](C)CC3. The highest BCUT2D eigenvalue weighted by Gasteiger charge is 2.29. The minimum Gasteiger partial charge on any atom is -0.352 e. The highest BCUT2D eigenvalue weighted by Crippen LogP contribution is 2.41. The minimum absolute atomic E-state index is 0.0396. The minimum atomic E-state index is -0.325. The van der Waals surface area contributed by atoms with Crippen LogP contribution in [0.2, 0.25) is 0 Å². The van der Waals surface area contributed by atoms with Gasteiger partial charge in [-0.1, -0.05) is 20.8 Å². The zero-order valence-electron chi connectivity index (χ0n) is 18.9. The lowest BCUT2D eigenvalue weighted by Crippen LogP contribution is -2.49. The molecule has 0 spiro atoms. The number of fused-ring (bicyclic) bond motifs is 3. The maximum Gasteiger partial charge on any atom is 0.253 e. The van der Waals surface area contributed by atoms with E-state index >= 15 is 0 Å². The van der Waals surface area contributed by atoms with Crippen LogP contribution in [0.25, 0.3) is 10.2 Å². The molecule has 1 aliphatic heterocycles. The summed E-state index contributed by atoms with van der Waals surface area (Å²) in [4.78, 5) is 29.6. The van der Waals surface area contributed by atoms with Gasteiger partial charge in [0.25, 0.3) is 5.91 Å². The van der Waals surface area contributed by atoms with Gasteiger partial charge in [-0.2, -0.15) is 0 Å². The van der Waals surface area contributed by atoms with E-state index in [0.29, 0.717) is 18.7 Å².